The summed E-state index contributed by atoms with van der Waals surface area (Å²) in [6, 6.07) is 17.5. The summed E-state index contributed by atoms with van der Waals surface area (Å²) in [5.74, 6) is -0.155. The van der Waals surface area contributed by atoms with Crippen molar-refractivity contribution in [1.29, 1.82) is 0 Å². The Labute approximate surface area is 142 Å². The fourth-order valence-corrected chi connectivity index (χ4v) is 2.84. The molecule has 0 bridgehead atoms. The first-order valence-corrected chi connectivity index (χ1v) is 7.67. The van der Waals surface area contributed by atoms with Gasteiger partial charge in [-0.3, -0.25) is 4.79 Å². The van der Waals surface area contributed by atoms with Gasteiger partial charge in [-0.25, -0.2) is 9.97 Å². The second-order valence-corrected chi connectivity index (χ2v) is 5.60. The van der Waals surface area contributed by atoms with Gasteiger partial charge in [0.05, 0.1) is 11.1 Å². The van der Waals surface area contributed by atoms with Crippen LogP contribution in [0.2, 0.25) is 0 Å². The van der Waals surface area contributed by atoms with Crippen LogP contribution in [0, 0.1) is 0 Å². The van der Waals surface area contributed by atoms with Crippen LogP contribution >= 0.6 is 0 Å². The first-order valence-electron chi connectivity index (χ1n) is 7.67. The van der Waals surface area contributed by atoms with Crippen molar-refractivity contribution in [3.63, 3.8) is 0 Å². The molecule has 122 valence electrons. The lowest BCUT2D eigenvalue weighted by atomic mass is 10.0. The molecule has 0 fully saturated rings. The van der Waals surface area contributed by atoms with Gasteiger partial charge in [-0.15, -0.1) is 0 Å². The maximum Gasteiger partial charge on any atom is 0.259 e. The first kappa shape index (κ1) is 14.9. The van der Waals surface area contributed by atoms with Crippen LogP contribution in [-0.4, -0.2) is 20.1 Å². The lowest BCUT2D eigenvalue weighted by Crippen LogP contribution is -2.10. The van der Waals surface area contributed by atoms with E-state index in [1.165, 1.54) is 6.20 Å². The van der Waals surface area contributed by atoms with Gasteiger partial charge in [-0.05, 0) is 17.2 Å². The van der Waals surface area contributed by atoms with Gasteiger partial charge in [0.1, 0.15) is 5.52 Å². The SMILES string of the molecule is Nc1nc(-c2cccc(-c3ccccc3)c2)c2c(=O)[nH]cc(O)c2n1. The van der Waals surface area contributed by atoms with Crippen molar-refractivity contribution in [2.75, 3.05) is 5.73 Å². The van der Waals surface area contributed by atoms with Crippen LogP contribution in [0.1, 0.15) is 0 Å². The van der Waals surface area contributed by atoms with Crippen LogP contribution in [0.4, 0.5) is 5.95 Å². The molecule has 6 heteroatoms. The van der Waals surface area contributed by atoms with E-state index >= 15 is 0 Å². The van der Waals surface area contributed by atoms with Crippen LogP contribution in [-0.2, 0) is 0 Å². The standard InChI is InChI=1S/C19H14N4O2/c20-19-22-16(15-17(23-19)14(24)10-21-18(15)25)13-8-4-7-12(9-13)11-5-2-1-3-6-11/h1-10,24H,(H,21,25)(H2,20,22,23). The highest BCUT2D eigenvalue weighted by Gasteiger charge is 2.15. The molecule has 0 saturated heterocycles. The topological polar surface area (TPSA) is 105 Å². The van der Waals surface area contributed by atoms with E-state index in [1.54, 1.807) is 0 Å². The van der Waals surface area contributed by atoms with Crippen molar-refractivity contribution in [2.45, 2.75) is 0 Å². The molecular weight excluding hydrogens is 316 g/mol. The molecule has 0 atom stereocenters. The Morgan fingerprint density at radius 2 is 1.64 bits per heavy atom. The monoisotopic (exact) mass is 330 g/mol. The van der Waals surface area contributed by atoms with Gasteiger partial charge in [0.2, 0.25) is 5.95 Å². The van der Waals surface area contributed by atoms with Crippen LogP contribution in [0.3, 0.4) is 0 Å². The first-order chi connectivity index (χ1) is 12.1. The molecule has 25 heavy (non-hydrogen) atoms. The Kier molecular flexibility index (Phi) is 3.43. The lowest BCUT2D eigenvalue weighted by molar-refractivity contribution is 0.477. The van der Waals surface area contributed by atoms with Gasteiger partial charge in [-0.2, -0.15) is 0 Å². The van der Waals surface area contributed by atoms with E-state index in [0.717, 1.165) is 16.7 Å². The van der Waals surface area contributed by atoms with Crippen molar-refractivity contribution in [3.05, 3.63) is 71.1 Å². The quantitative estimate of drug-likeness (QED) is 0.524. The summed E-state index contributed by atoms with van der Waals surface area (Å²) < 4.78 is 0. The zero-order valence-electron chi connectivity index (χ0n) is 13.1. The average Bonchev–Trinajstić information content (AvgIpc) is 2.65. The Morgan fingerprint density at radius 1 is 0.920 bits per heavy atom. The summed E-state index contributed by atoms with van der Waals surface area (Å²) in [4.78, 5) is 23.0. The molecular formula is C19H14N4O2. The molecule has 0 saturated carbocycles. The summed E-state index contributed by atoms with van der Waals surface area (Å²) in [5.41, 5.74) is 8.68. The van der Waals surface area contributed by atoms with Gasteiger partial charge >= 0.3 is 0 Å². The van der Waals surface area contributed by atoms with E-state index in [9.17, 15) is 9.90 Å². The third-order valence-corrected chi connectivity index (χ3v) is 3.98. The van der Waals surface area contributed by atoms with Gasteiger partial charge in [0.15, 0.2) is 5.75 Å². The minimum atomic E-state index is -0.382. The number of anilines is 1. The molecule has 0 spiro atoms. The number of aromatic nitrogens is 3. The highest BCUT2D eigenvalue weighted by molar-refractivity contribution is 5.95. The average molecular weight is 330 g/mol. The fourth-order valence-electron chi connectivity index (χ4n) is 2.84. The predicted molar refractivity (Wildman–Crippen MR) is 97.1 cm³/mol. The predicted octanol–water partition coefficient (Wildman–Crippen LogP) is 2.94. The molecule has 4 rings (SSSR count). The molecule has 0 amide bonds. The van der Waals surface area contributed by atoms with Crippen LogP contribution in [0.5, 0.6) is 5.75 Å². The number of pyridine rings is 1. The molecule has 0 aliphatic carbocycles. The molecule has 0 radical (unpaired) electrons. The normalized spacial score (nSPS) is 10.9. The summed E-state index contributed by atoms with van der Waals surface area (Å²) >= 11 is 0. The highest BCUT2D eigenvalue weighted by atomic mass is 16.3. The van der Waals surface area contributed by atoms with Crippen LogP contribution < -0.4 is 11.3 Å². The molecule has 4 aromatic rings. The minimum absolute atomic E-state index is 0.00601. The summed E-state index contributed by atoms with van der Waals surface area (Å²) in [7, 11) is 0. The van der Waals surface area contributed by atoms with Crippen molar-refractivity contribution >= 4 is 16.9 Å². The third kappa shape index (κ3) is 2.59. The van der Waals surface area contributed by atoms with E-state index in [4.69, 9.17) is 5.73 Å². The van der Waals surface area contributed by atoms with Crippen LogP contribution in [0.25, 0.3) is 33.3 Å². The molecule has 0 aliphatic heterocycles. The molecule has 0 aliphatic rings. The highest BCUT2D eigenvalue weighted by Crippen LogP contribution is 2.30. The number of nitrogens with zero attached hydrogens (tertiary/aromatic N) is 2. The van der Waals surface area contributed by atoms with E-state index < -0.39 is 0 Å². The molecule has 2 heterocycles. The molecule has 4 N–H and O–H groups in total. The summed E-state index contributed by atoms with van der Waals surface area (Å²) in [5, 5.41) is 10.2. The van der Waals surface area contributed by atoms with Crippen molar-refractivity contribution in [3.8, 4) is 28.1 Å². The summed E-state index contributed by atoms with van der Waals surface area (Å²) in [6.07, 6.45) is 1.20. The molecule has 2 aromatic heterocycles. The zero-order valence-corrected chi connectivity index (χ0v) is 13.1. The largest absolute Gasteiger partial charge is 0.504 e. The number of H-pyrrole nitrogens is 1. The second kappa shape index (κ2) is 5.76. The Morgan fingerprint density at radius 3 is 2.44 bits per heavy atom. The van der Waals surface area contributed by atoms with Crippen molar-refractivity contribution in [1.82, 2.24) is 15.0 Å². The number of nitrogen functional groups attached to an aromatic ring is 1. The number of nitrogens with one attached hydrogen (secondary N) is 1. The lowest BCUT2D eigenvalue weighted by Gasteiger charge is -2.09. The number of benzene rings is 2. The van der Waals surface area contributed by atoms with Gasteiger partial charge in [0.25, 0.3) is 5.56 Å². The van der Waals surface area contributed by atoms with Gasteiger partial charge < -0.3 is 15.8 Å². The zero-order chi connectivity index (χ0) is 17.4. The number of aromatic hydroxyl groups is 1. The third-order valence-electron chi connectivity index (χ3n) is 3.98. The van der Waals surface area contributed by atoms with E-state index in [-0.39, 0.29) is 28.2 Å². The number of rotatable bonds is 2. The summed E-state index contributed by atoms with van der Waals surface area (Å²) in [6.45, 7) is 0. The molecule has 2 aromatic carbocycles. The number of fused-ring (bicyclic) bond motifs is 1. The fraction of sp³-hybridized carbons (Fsp3) is 0. The second-order valence-electron chi connectivity index (χ2n) is 5.60. The van der Waals surface area contributed by atoms with Crippen LogP contribution in [0.15, 0.2) is 65.6 Å². The minimum Gasteiger partial charge on any atom is -0.504 e. The maximum absolute atomic E-state index is 12.3. The molecule has 0 unspecified atom stereocenters. The Bertz CT molecular complexity index is 1140. The number of hydrogen-bond acceptors (Lipinski definition) is 5. The number of aromatic amines is 1. The van der Waals surface area contributed by atoms with E-state index in [1.807, 2.05) is 54.6 Å². The van der Waals surface area contributed by atoms with Crippen molar-refractivity contribution < 1.29 is 5.11 Å². The number of hydrogen-bond donors (Lipinski definition) is 3. The Hall–Kier alpha value is -3.67. The smallest absolute Gasteiger partial charge is 0.259 e. The maximum atomic E-state index is 12.3. The Balaban J connectivity index is 2.00. The number of nitrogens with two attached hydrogens (primary N) is 1. The van der Waals surface area contributed by atoms with Gasteiger partial charge in [0, 0.05) is 11.8 Å². The molecule has 6 nitrogen and oxygen atoms in total. The van der Waals surface area contributed by atoms with Gasteiger partial charge in [-0.1, -0.05) is 48.5 Å². The van der Waals surface area contributed by atoms with Crippen molar-refractivity contribution in [2.24, 2.45) is 0 Å². The van der Waals surface area contributed by atoms with E-state index in [2.05, 4.69) is 15.0 Å². The van der Waals surface area contributed by atoms with E-state index in [0.29, 0.717) is 5.69 Å².